The summed E-state index contributed by atoms with van der Waals surface area (Å²) in [5, 5.41) is 1.09. The summed E-state index contributed by atoms with van der Waals surface area (Å²) in [4.78, 5) is 17.0. The zero-order valence-electron chi connectivity index (χ0n) is 12.6. The van der Waals surface area contributed by atoms with Gasteiger partial charge in [0.15, 0.2) is 0 Å². The Balaban J connectivity index is 2.26. The van der Waals surface area contributed by atoms with Crippen LogP contribution in [0.1, 0.15) is 33.4 Å². The van der Waals surface area contributed by atoms with E-state index in [2.05, 4.69) is 4.98 Å². The average Bonchev–Trinajstić information content (AvgIpc) is 2.37. The molecule has 106 valence electrons. The van der Waals surface area contributed by atoms with E-state index in [4.69, 9.17) is 5.73 Å². The molecule has 0 saturated carbocycles. The van der Waals surface area contributed by atoms with Crippen molar-refractivity contribution in [1.82, 2.24) is 4.98 Å². The maximum absolute atomic E-state index is 12.5. The van der Waals surface area contributed by atoms with Crippen LogP contribution in [0.4, 0.5) is 0 Å². The topological polar surface area (TPSA) is 56.0 Å². The van der Waals surface area contributed by atoms with Gasteiger partial charge < -0.3 is 5.73 Å². The van der Waals surface area contributed by atoms with Crippen molar-refractivity contribution in [3.05, 3.63) is 42.1 Å². The molecule has 0 unspecified atom stereocenters. The van der Waals surface area contributed by atoms with Crippen molar-refractivity contribution >= 4 is 16.7 Å². The Bertz CT molecular complexity index is 639. The van der Waals surface area contributed by atoms with Crippen LogP contribution < -0.4 is 5.73 Å². The molecular weight excluding hydrogens is 248 g/mol. The molecule has 0 saturated heterocycles. The molecule has 3 heteroatoms. The first kappa shape index (κ1) is 14.7. The largest absolute Gasteiger partial charge is 0.325 e. The molecule has 0 aliphatic heterocycles. The summed E-state index contributed by atoms with van der Waals surface area (Å²) in [6, 6.07) is 11.8. The van der Waals surface area contributed by atoms with Gasteiger partial charge in [-0.2, -0.15) is 0 Å². The Morgan fingerprint density at radius 2 is 1.75 bits per heavy atom. The maximum Gasteiger partial charge on any atom is 0.146 e. The molecule has 3 nitrogen and oxygen atoms in total. The molecular formula is C17H22N2O. The summed E-state index contributed by atoms with van der Waals surface area (Å²) in [5.74, 6) is 0.118. The molecule has 1 heterocycles. The van der Waals surface area contributed by atoms with Gasteiger partial charge in [0, 0.05) is 28.5 Å². The Morgan fingerprint density at radius 3 is 2.40 bits per heavy atom. The Hall–Kier alpha value is -1.74. The van der Waals surface area contributed by atoms with Crippen molar-refractivity contribution in [1.29, 1.82) is 0 Å². The lowest BCUT2D eigenvalue weighted by Crippen LogP contribution is -2.52. The van der Waals surface area contributed by atoms with E-state index in [1.165, 1.54) is 0 Å². The number of carbonyl (C=O) groups is 1. The van der Waals surface area contributed by atoms with E-state index >= 15 is 0 Å². The fraction of sp³-hybridized carbons (Fsp3) is 0.412. The number of carbonyl (C=O) groups excluding carboxylic acids is 1. The van der Waals surface area contributed by atoms with E-state index in [-0.39, 0.29) is 5.78 Å². The third-order valence-corrected chi connectivity index (χ3v) is 4.31. The van der Waals surface area contributed by atoms with E-state index in [1.807, 2.05) is 64.1 Å². The molecule has 0 amide bonds. The molecule has 0 atom stereocenters. The Kier molecular flexibility index (Phi) is 3.65. The van der Waals surface area contributed by atoms with Gasteiger partial charge >= 0.3 is 0 Å². The van der Waals surface area contributed by atoms with Crippen molar-refractivity contribution in [2.45, 2.75) is 39.7 Å². The number of nitrogens with two attached hydrogens (primary N) is 1. The number of hydrogen-bond donors (Lipinski definition) is 1. The zero-order chi connectivity index (χ0) is 15.0. The van der Waals surface area contributed by atoms with Gasteiger partial charge in [0.25, 0.3) is 0 Å². The molecule has 2 N–H and O–H groups in total. The smallest absolute Gasteiger partial charge is 0.146 e. The molecule has 2 rings (SSSR count). The van der Waals surface area contributed by atoms with Gasteiger partial charge in [-0.25, -0.2) is 0 Å². The minimum atomic E-state index is -0.583. The molecule has 0 radical (unpaired) electrons. The number of pyridine rings is 1. The lowest BCUT2D eigenvalue weighted by Gasteiger charge is -2.37. The molecule has 1 aromatic heterocycles. The quantitative estimate of drug-likeness (QED) is 0.928. The van der Waals surface area contributed by atoms with Gasteiger partial charge in [-0.05, 0) is 26.0 Å². The monoisotopic (exact) mass is 270 g/mol. The van der Waals surface area contributed by atoms with Gasteiger partial charge in [-0.15, -0.1) is 0 Å². The summed E-state index contributed by atoms with van der Waals surface area (Å²) >= 11 is 0. The summed E-state index contributed by atoms with van der Waals surface area (Å²) in [6.07, 6.45) is 0.318. The molecule has 2 aromatic rings. The summed E-state index contributed by atoms with van der Waals surface area (Å²) in [7, 11) is 0. The van der Waals surface area contributed by atoms with Gasteiger partial charge in [0.1, 0.15) is 5.78 Å². The van der Waals surface area contributed by atoms with Crippen molar-refractivity contribution in [3.8, 4) is 0 Å². The van der Waals surface area contributed by atoms with Gasteiger partial charge in [0.05, 0.1) is 5.52 Å². The first-order valence-corrected chi connectivity index (χ1v) is 6.89. The molecule has 1 aromatic carbocycles. The number of nitrogens with zero attached hydrogens (tertiary/aromatic N) is 1. The third kappa shape index (κ3) is 2.73. The summed E-state index contributed by atoms with van der Waals surface area (Å²) in [5.41, 5.74) is 6.70. The first-order chi connectivity index (χ1) is 9.22. The van der Waals surface area contributed by atoms with Crippen molar-refractivity contribution < 1.29 is 4.79 Å². The van der Waals surface area contributed by atoms with E-state index in [1.54, 1.807) is 0 Å². The van der Waals surface area contributed by atoms with E-state index in [9.17, 15) is 4.79 Å². The Morgan fingerprint density at radius 1 is 1.10 bits per heavy atom. The minimum Gasteiger partial charge on any atom is -0.325 e. The van der Waals surface area contributed by atoms with Crippen molar-refractivity contribution in [3.63, 3.8) is 0 Å². The normalized spacial score (nSPS) is 12.7. The van der Waals surface area contributed by atoms with Crippen LogP contribution in [0, 0.1) is 5.41 Å². The van der Waals surface area contributed by atoms with Crippen molar-refractivity contribution in [2.75, 3.05) is 0 Å². The summed E-state index contributed by atoms with van der Waals surface area (Å²) < 4.78 is 0. The second-order valence-corrected chi connectivity index (χ2v) is 6.44. The van der Waals surface area contributed by atoms with Crippen LogP contribution in [0.3, 0.4) is 0 Å². The van der Waals surface area contributed by atoms with E-state index in [0.717, 1.165) is 16.6 Å². The van der Waals surface area contributed by atoms with Crippen LogP contribution in [-0.4, -0.2) is 16.3 Å². The first-order valence-electron chi connectivity index (χ1n) is 6.89. The molecule has 0 aliphatic rings. The highest BCUT2D eigenvalue weighted by Crippen LogP contribution is 2.30. The number of hydrogen-bond acceptors (Lipinski definition) is 3. The second-order valence-electron chi connectivity index (χ2n) is 6.44. The zero-order valence-corrected chi connectivity index (χ0v) is 12.6. The van der Waals surface area contributed by atoms with Gasteiger partial charge in [-0.3, -0.25) is 9.78 Å². The van der Waals surface area contributed by atoms with Crippen LogP contribution in [0.15, 0.2) is 36.4 Å². The predicted octanol–water partition coefficient (Wildman–Crippen LogP) is 3.11. The van der Waals surface area contributed by atoms with E-state index < -0.39 is 11.0 Å². The van der Waals surface area contributed by atoms with Crippen LogP contribution in [-0.2, 0) is 11.2 Å². The number of Topliss-reactive ketones (excluding diaryl/α,β-unsaturated/α-hetero) is 1. The number of aromatic nitrogens is 1. The van der Waals surface area contributed by atoms with Crippen molar-refractivity contribution in [2.24, 2.45) is 11.1 Å². The third-order valence-electron chi connectivity index (χ3n) is 4.31. The van der Waals surface area contributed by atoms with Crippen LogP contribution in [0.2, 0.25) is 0 Å². The molecule has 0 fully saturated rings. The van der Waals surface area contributed by atoms with Crippen LogP contribution >= 0.6 is 0 Å². The lowest BCUT2D eigenvalue weighted by atomic mass is 9.71. The number of fused-ring (bicyclic) bond motifs is 1. The average molecular weight is 270 g/mol. The molecule has 20 heavy (non-hydrogen) atoms. The highest BCUT2D eigenvalue weighted by molar-refractivity contribution is 5.88. The summed E-state index contributed by atoms with van der Waals surface area (Å²) in [6.45, 7) is 7.57. The standard InChI is InChI=1S/C17H22N2O/c1-16(2,17(3,4)18)15(20)11-13-10-9-12-7-5-6-8-14(12)19-13/h5-10H,11,18H2,1-4H3. The molecule has 0 aliphatic carbocycles. The lowest BCUT2D eigenvalue weighted by molar-refractivity contribution is -0.129. The fourth-order valence-electron chi connectivity index (χ4n) is 1.95. The minimum absolute atomic E-state index is 0.118. The van der Waals surface area contributed by atoms with Crippen LogP contribution in [0.5, 0.6) is 0 Å². The Labute approximate surface area is 120 Å². The van der Waals surface area contributed by atoms with Gasteiger partial charge in [-0.1, -0.05) is 38.1 Å². The number of para-hydroxylation sites is 1. The fourth-order valence-corrected chi connectivity index (χ4v) is 1.95. The number of benzene rings is 1. The number of rotatable bonds is 4. The van der Waals surface area contributed by atoms with E-state index in [0.29, 0.717) is 6.42 Å². The van der Waals surface area contributed by atoms with Gasteiger partial charge in [0.2, 0.25) is 0 Å². The highest BCUT2D eigenvalue weighted by Gasteiger charge is 2.39. The SMILES string of the molecule is CC(C)(N)C(C)(C)C(=O)Cc1ccc2ccccc2n1. The maximum atomic E-state index is 12.5. The number of ketones is 1. The molecule has 0 spiro atoms. The second kappa shape index (κ2) is 4.98. The predicted molar refractivity (Wildman–Crippen MR) is 82.5 cm³/mol. The van der Waals surface area contributed by atoms with Crippen LogP contribution in [0.25, 0.3) is 10.9 Å². The molecule has 0 bridgehead atoms. The highest BCUT2D eigenvalue weighted by atomic mass is 16.1.